The van der Waals surface area contributed by atoms with Crippen molar-refractivity contribution in [3.05, 3.63) is 48.0 Å². The van der Waals surface area contributed by atoms with Crippen molar-refractivity contribution in [2.45, 2.75) is 6.17 Å². The lowest BCUT2D eigenvalue weighted by atomic mass is 10.0. The van der Waals surface area contributed by atoms with Crippen LogP contribution in [0.3, 0.4) is 0 Å². The van der Waals surface area contributed by atoms with Crippen LogP contribution in [0.5, 0.6) is 0 Å². The van der Waals surface area contributed by atoms with Gasteiger partial charge < -0.3 is 0 Å². The molecule has 0 saturated carbocycles. The fourth-order valence-electron chi connectivity index (χ4n) is 2.24. The molecule has 3 rings (SSSR count). The summed E-state index contributed by atoms with van der Waals surface area (Å²) in [6.07, 6.45) is -1.79. The number of alkyl halides is 1. The second-order valence-corrected chi connectivity index (χ2v) is 5.62. The van der Waals surface area contributed by atoms with Crippen molar-refractivity contribution in [1.82, 2.24) is 4.90 Å². The summed E-state index contributed by atoms with van der Waals surface area (Å²) < 4.78 is 14.3. The van der Waals surface area contributed by atoms with Crippen molar-refractivity contribution in [3.8, 4) is 0 Å². The molecule has 0 unspecified atom stereocenters. The summed E-state index contributed by atoms with van der Waals surface area (Å²) in [4.78, 5) is 24.5. The maximum Gasteiger partial charge on any atom is 0.288 e. The van der Waals surface area contributed by atoms with Gasteiger partial charge in [0, 0.05) is 12.3 Å². The minimum atomic E-state index is -1.79. The van der Waals surface area contributed by atoms with Crippen LogP contribution < -0.4 is 0 Å². The molecule has 1 aliphatic heterocycles. The zero-order valence-electron chi connectivity index (χ0n) is 10.6. The lowest BCUT2D eigenvalue weighted by Crippen LogP contribution is -2.33. The van der Waals surface area contributed by atoms with Gasteiger partial charge in [0.05, 0.1) is 0 Å². The zero-order chi connectivity index (χ0) is 14.1. The molecule has 0 radical (unpaired) electrons. The first kappa shape index (κ1) is 13.1. The monoisotopic (exact) mass is 289 g/mol. The van der Waals surface area contributed by atoms with Crippen LogP contribution in [0.2, 0.25) is 0 Å². The molecule has 1 atom stereocenters. The van der Waals surface area contributed by atoms with Gasteiger partial charge in [-0.3, -0.25) is 14.5 Å². The number of hydrogen-bond donors (Lipinski definition) is 0. The van der Waals surface area contributed by atoms with Crippen LogP contribution in [0.15, 0.2) is 42.5 Å². The van der Waals surface area contributed by atoms with Crippen molar-refractivity contribution in [1.29, 1.82) is 0 Å². The van der Waals surface area contributed by atoms with E-state index in [0.717, 1.165) is 27.4 Å². The highest BCUT2D eigenvalue weighted by atomic mass is 32.2. The molecule has 2 aromatic carbocycles. The molecule has 5 heteroatoms. The molecule has 0 N–H and O–H groups in total. The van der Waals surface area contributed by atoms with Gasteiger partial charge in [-0.25, -0.2) is 4.39 Å². The van der Waals surface area contributed by atoms with Crippen LogP contribution in [-0.2, 0) is 4.79 Å². The summed E-state index contributed by atoms with van der Waals surface area (Å²) in [6.45, 7) is 0.288. The molecular formula is C15H12FNO2S. The van der Waals surface area contributed by atoms with Crippen molar-refractivity contribution >= 4 is 33.7 Å². The third-order valence-electron chi connectivity index (χ3n) is 3.31. The third-order valence-corrected chi connectivity index (χ3v) is 4.16. The molecule has 1 heterocycles. The lowest BCUT2D eigenvalue weighted by Gasteiger charge is -2.16. The fourth-order valence-corrected chi connectivity index (χ4v) is 3.02. The van der Waals surface area contributed by atoms with E-state index in [1.807, 2.05) is 24.3 Å². The van der Waals surface area contributed by atoms with Crippen molar-refractivity contribution in [2.75, 3.05) is 12.3 Å². The van der Waals surface area contributed by atoms with Gasteiger partial charge in [-0.15, -0.1) is 0 Å². The van der Waals surface area contributed by atoms with Crippen molar-refractivity contribution in [3.63, 3.8) is 0 Å². The van der Waals surface area contributed by atoms with Crippen LogP contribution in [0.25, 0.3) is 10.8 Å². The first-order valence-corrected chi connectivity index (χ1v) is 7.26. The molecule has 2 amide bonds. The van der Waals surface area contributed by atoms with Crippen LogP contribution in [-0.4, -0.2) is 28.3 Å². The van der Waals surface area contributed by atoms with Gasteiger partial charge in [-0.2, -0.15) is 0 Å². The molecule has 102 valence electrons. The van der Waals surface area contributed by atoms with E-state index in [4.69, 9.17) is 0 Å². The van der Waals surface area contributed by atoms with Crippen LogP contribution in [0.1, 0.15) is 11.7 Å². The fraction of sp³-hybridized carbons (Fsp3) is 0.200. The standard InChI is InChI=1S/C15H12FNO2S/c16-13(14(18)17-7-8-20-15(17)19)12-6-5-10-3-1-2-4-11(10)9-12/h1-6,9,13H,7-8H2/t13-/m1/s1. The molecule has 2 aromatic rings. The minimum absolute atomic E-state index is 0.288. The van der Waals surface area contributed by atoms with Gasteiger partial charge in [-0.05, 0) is 22.4 Å². The summed E-state index contributed by atoms with van der Waals surface area (Å²) in [6, 6.07) is 12.6. The summed E-state index contributed by atoms with van der Waals surface area (Å²) in [5.74, 6) is -0.232. The molecule has 3 nitrogen and oxygen atoms in total. The van der Waals surface area contributed by atoms with E-state index in [1.54, 1.807) is 18.2 Å². The zero-order valence-corrected chi connectivity index (χ0v) is 11.4. The highest BCUT2D eigenvalue weighted by Gasteiger charge is 2.33. The molecule has 0 aliphatic carbocycles. The average Bonchev–Trinajstić information content (AvgIpc) is 2.91. The van der Waals surface area contributed by atoms with E-state index in [9.17, 15) is 14.0 Å². The summed E-state index contributed by atoms with van der Waals surface area (Å²) in [5, 5.41) is 1.50. The van der Waals surface area contributed by atoms with Crippen LogP contribution in [0.4, 0.5) is 9.18 Å². The lowest BCUT2D eigenvalue weighted by molar-refractivity contribution is -0.132. The van der Waals surface area contributed by atoms with E-state index in [2.05, 4.69) is 0 Å². The third kappa shape index (κ3) is 2.29. The van der Waals surface area contributed by atoms with Crippen molar-refractivity contribution < 1.29 is 14.0 Å². The van der Waals surface area contributed by atoms with Gasteiger partial charge in [0.2, 0.25) is 6.17 Å². The molecule has 0 spiro atoms. The van der Waals surface area contributed by atoms with Crippen LogP contribution in [0, 0.1) is 0 Å². The molecule has 1 aliphatic rings. The number of fused-ring (bicyclic) bond motifs is 1. The first-order valence-electron chi connectivity index (χ1n) is 6.28. The highest BCUT2D eigenvalue weighted by molar-refractivity contribution is 8.13. The van der Waals surface area contributed by atoms with Gasteiger partial charge in [0.25, 0.3) is 11.1 Å². The maximum atomic E-state index is 14.3. The Labute approximate surface area is 119 Å². The number of carbonyl (C=O) groups is 2. The Bertz CT molecular complexity index is 688. The van der Waals surface area contributed by atoms with E-state index in [1.165, 1.54) is 0 Å². The number of imide groups is 1. The number of amides is 2. The molecule has 0 aromatic heterocycles. The maximum absolute atomic E-state index is 14.3. The number of nitrogens with zero attached hydrogens (tertiary/aromatic N) is 1. The van der Waals surface area contributed by atoms with Gasteiger partial charge in [-0.1, -0.05) is 48.2 Å². The number of thioether (sulfide) groups is 1. The van der Waals surface area contributed by atoms with E-state index in [0.29, 0.717) is 11.3 Å². The highest BCUT2D eigenvalue weighted by Crippen LogP contribution is 2.27. The SMILES string of the molecule is O=C1SCCN1C(=O)[C@H](F)c1ccc2ccccc2c1. The number of benzene rings is 2. The average molecular weight is 289 g/mol. The number of hydrogen-bond acceptors (Lipinski definition) is 3. The summed E-state index contributed by atoms with van der Waals surface area (Å²) in [7, 11) is 0. The first-order chi connectivity index (χ1) is 9.66. The molecule has 1 fully saturated rings. The molecule has 20 heavy (non-hydrogen) atoms. The molecular weight excluding hydrogens is 277 g/mol. The largest absolute Gasteiger partial charge is 0.288 e. The van der Waals surface area contributed by atoms with E-state index < -0.39 is 12.1 Å². The van der Waals surface area contributed by atoms with Crippen LogP contribution >= 0.6 is 11.8 Å². The Morgan fingerprint density at radius 1 is 1.20 bits per heavy atom. The van der Waals surface area contributed by atoms with E-state index >= 15 is 0 Å². The summed E-state index contributed by atoms with van der Waals surface area (Å²) in [5.41, 5.74) is 0.290. The summed E-state index contributed by atoms with van der Waals surface area (Å²) >= 11 is 1.05. The number of halogens is 1. The van der Waals surface area contributed by atoms with Gasteiger partial charge >= 0.3 is 0 Å². The Kier molecular flexibility index (Phi) is 3.44. The van der Waals surface area contributed by atoms with Gasteiger partial charge in [0.15, 0.2) is 0 Å². The predicted molar refractivity (Wildman–Crippen MR) is 77.4 cm³/mol. The second-order valence-electron chi connectivity index (χ2n) is 4.57. The number of carbonyl (C=O) groups excluding carboxylic acids is 2. The van der Waals surface area contributed by atoms with Gasteiger partial charge in [0.1, 0.15) is 0 Å². The Morgan fingerprint density at radius 3 is 2.65 bits per heavy atom. The van der Waals surface area contributed by atoms with Crippen molar-refractivity contribution in [2.24, 2.45) is 0 Å². The smallest absolute Gasteiger partial charge is 0.271 e. The molecule has 0 bridgehead atoms. The van der Waals surface area contributed by atoms with E-state index in [-0.39, 0.29) is 11.8 Å². The quantitative estimate of drug-likeness (QED) is 0.848. The Morgan fingerprint density at radius 2 is 1.95 bits per heavy atom. The Balaban J connectivity index is 1.89. The second kappa shape index (κ2) is 5.25. The topological polar surface area (TPSA) is 37.4 Å². The Hall–Kier alpha value is -1.88. The number of rotatable bonds is 2. The predicted octanol–water partition coefficient (Wildman–Crippen LogP) is 3.55. The normalized spacial score (nSPS) is 16.6. The molecule has 1 saturated heterocycles. The minimum Gasteiger partial charge on any atom is -0.271 e.